The fraction of sp³-hybridized carbons (Fsp3) is 0. The van der Waals surface area contributed by atoms with Crippen LogP contribution in [-0.2, 0) is 0 Å². The average Bonchev–Trinajstić information content (AvgIpc) is 2.48. The summed E-state index contributed by atoms with van der Waals surface area (Å²) in [6, 6.07) is 11.1. The van der Waals surface area contributed by atoms with Gasteiger partial charge in [-0.25, -0.2) is 9.97 Å². The molecule has 92 valence electrons. The van der Waals surface area contributed by atoms with E-state index in [-0.39, 0.29) is 5.12 Å². The molecule has 0 unspecified atom stereocenters. The second-order valence-electron chi connectivity index (χ2n) is 3.83. The first-order valence-electron chi connectivity index (χ1n) is 5.66. The minimum atomic E-state index is -0.0723. The number of benzene rings is 1. The molecule has 0 aliphatic heterocycles. The summed E-state index contributed by atoms with van der Waals surface area (Å²) in [4.78, 5) is 24.4. The van der Waals surface area contributed by atoms with Crippen LogP contribution in [-0.4, -0.2) is 20.1 Å². The molecule has 0 spiro atoms. The van der Waals surface area contributed by atoms with Crippen molar-refractivity contribution in [1.29, 1.82) is 0 Å². The van der Waals surface area contributed by atoms with E-state index in [0.717, 1.165) is 22.7 Å². The molecule has 3 aromatic rings. The summed E-state index contributed by atoms with van der Waals surface area (Å²) in [5, 5.41) is 1.48. The lowest BCUT2D eigenvalue weighted by atomic mass is 10.2. The SMILES string of the molecule is O=C(Sc1ncnc2ccccc12)c1cccnc1. The number of rotatable bonds is 2. The average molecular weight is 267 g/mol. The van der Waals surface area contributed by atoms with Crippen LogP contribution in [0.1, 0.15) is 10.4 Å². The highest BCUT2D eigenvalue weighted by Crippen LogP contribution is 2.26. The van der Waals surface area contributed by atoms with Crippen molar-refractivity contribution < 1.29 is 4.79 Å². The molecule has 2 aromatic heterocycles. The third-order valence-electron chi connectivity index (χ3n) is 2.59. The smallest absolute Gasteiger partial charge is 0.227 e. The number of hydrogen-bond donors (Lipinski definition) is 0. The molecule has 1 aromatic carbocycles. The lowest BCUT2D eigenvalue weighted by Gasteiger charge is -2.03. The predicted molar refractivity (Wildman–Crippen MR) is 74.0 cm³/mol. The molecule has 0 atom stereocenters. The van der Waals surface area contributed by atoms with Crippen LogP contribution < -0.4 is 0 Å². The van der Waals surface area contributed by atoms with Gasteiger partial charge in [-0.1, -0.05) is 18.2 Å². The number of fused-ring (bicyclic) bond motifs is 1. The third kappa shape index (κ3) is 2.46. The van der Waals surface area contributed by atoms with Crippen molar-refractivity contribution in [2.75, 3.05) is 0 Å². The van der Waals surface area contributed by atoms with E-state index in [1.807, 2.05) is 24.3 Å². The molecule has 0 aliphatic carbocycles. The van der Waals surface area contributed by atoms with Gasteiger partial charge in [0.1, 0.15) is 11.4 Å². The first-order chi connectivity index (χ1) is 9.34. The van der Waals surface area contributed by atoms with Gasteiger partial charge in [0, 0.05) is 23.3 Å². The van der Waals surface area contributed by atoms with Crippen molar-refractivity contribution in [3.63, 3.8) is 0 Å². The van der Waals surface area contributed by atoms with Crippen LogP contribution in [0.5, 0.6) is 0 Å². The van der Waals surface area contributed by atoms with E-state index in [1.165, 1.54) is 6.33 Å². The Morgan fingerprint density at radius 3 is 2.79 bits per heavy atom. The van der Waals surface area contributed by atoms with Gasteiger partial charge in [-0.3, -0.25) is 9.78 Å². The molecule has 4 nitrogen and oxygen atoms in total. The zero-order valence-corrected chi connectivity index (χ0v) is 10.7. The molecule has 0 saturated heterocycles. The van der Waals surface area contributed by atoms with Gasteiger partial charge in [-0.15, -0.1) is 0 Å². The molecule has 0 bridgehead atoms. The van der Waals surface area contributed by atoms with Gasteiger partial charge in [0.25, 0.3) is 0 Å². The Labute approximate surface area is 113 Å². The van der Waals surface area contributed by atoms with Gasteiger partial charge >= 0.3 is 0 Å². The Morgan fingerprint density at radius 1 is 1.05 bits per heavy atom. The second-order valence-corrected chi connectivity index (χ2v) is 4.79. The van der Waals surface area contributed by atoms with Crippen LogP contribution in [0.2, 0.25) is 0 Å². The molecule has 0 amide bonds. The normalized spacial score (nSPS) is 10.5. The van der Waals surface area contributed by atoms with E-state index in [2.05, 4.69) is 15.0 Å². The standard InChI is InChI=1S/C14H9N3OS/c18-14(10-4-3-7-15-8-10)19-13-11-5-1-2-6-12(11)16-9-17-13/h1-9H. The lowest BCUT2D eigenvalue weighted by molar-refractivity contribution is 0.108. The van der Waals surface area contributed by atoms with E-state index in [9.17, 15) is 4.79 Å². The largest absolute Gasteiger partial charge is 0.281 e. The Kier molecular flexibility index (Phi) is 3.20. The van der Waals surface area contributed by atoms with Crippen LogP contribution in [0.15, 0.2) is 60.1 Å². The van der Waals surface area contributed by atoms with Gasteiger partial charge < -0.3 is 0 Å². The van der Waals surface area contributed by atoms with Crippen LogP contribution >= 0.6 is 11.8 Å². The summed E-state index contributed by atoms with van der Waals surface area (Å²) in [5.41, 5.74) is 1.40. The molecule has 5 heteroatoms. The molecule has 0 fully saturated rings. The summed E-state index contributed by atoms with van der Waals surface area (Å²) in [5.74, 6) is 0. The van der Waals surface area contributed by atoms with Crippen molar-refractivity contribution >= 4 is 27.8 Å². The fourth-order valence-corrected chi connectivity index (χ4v) is 2.49. The maximum atomic E-state index is 12.1. The molecule has 0 radical (unpaired) electrons. The summed E-state index contributed by atoms with van der Waals surface area (Å²) >= 11 is 1.10. The molecule has 3 rings (SSSR count). The van der Waals surface area contributed by atoms with E-state index in [4.69, 9.17) is 0 Å². The first-order valence-corrected chi connectivity index (χ1v) is 6.48. The van der Waals surface area contributed by atoms with Gasteiger partial charge in [-0.05, 0) is 30.0 Å². The van der Waals surface area contributed by atoms with E-state index in [0.29, 0.717) is 10.6 Å². The first kappa shape index (κ1) is 11.8. The van der Waals surface area contributed by atoms with Gasteiger partial charge in [0.2, 0.25) is 5.12 Å². The summed E-state index contributed by atoms with van der Waals surface area (Å²) in [6.07, 6.45) is 4.67. The highest BCUT2D eigenvalue weighted by Gasteiger charge is 2.11. The van der Waals surface area contributed by atoms with E-state index < -0.39 is 0 Å². The van der Waals surface area contributed by atoms with E-state index >= 15 is 0 Å². The number of aromatic nitrogens is 3. The molecular formula is C14H9N3OS. The molecule has 0 N–H and O–H groups in total. The number of hydrogen-bond acceptors (Lipinski definition) is 5. The quantitative estimate of drug-likeness (QED) is 0.528. The number of carbonyl (C=O) groups excluding carboxylic acids is 1. The Bertz CT molecular complexity index is 726. The maximum absolute atomic E-state index is 12.1. The van der Waals surface area contributed by atoms with Crippen LogP contribution in [0.25, 0.3) is 10.9 Å². The zero-order chi connectivity index (χ0) is 13.1. The van der Waals surface area contributed by atoms with Crippen molar-refractivity contribution in [3.8, 4) is 0 Å². The zero-order valence-electron chi connectivity index (χ0n) is 9.85. The van der Waals surface area contributed by atoms with Crippen LogP contribution in [0.4, 0.5) is 0 Å². The number of pyridine rings is 1. The monoisotopic (exact) mass is 267 g/mol. The molecular weight excluding hydrogens is 258 g/mol. The second kappa shape index (κ2) is 5.16. The predicted octanol–water partition coefficient (Wildman–Crippen LogP) is 2.96. The van der Waals surface area contributed by atoms with Crippen LogP contribution in [0, 0.1) is 0 Å². The lowest BCUT2D eigenvalue weighted by Crippen LogP contribution is -1.95. The number of carbonyl (C=O) groups is 1. The summed E-state index contributed by atoms with van der Waals surface area (Å²) in [6.45, 7) is 0. The minimum absolute atomic E-state index is 0.0723. The molecule has 2 heterocycles. The van der Waals surface area contributed by atoms with Gasteiger partial charge in [0.05, 0.1) is 5.52 Å². The summed E-state index contributed by atoms with van der Waals surface area (Å²) < 4.78 is 0. The molecule has 19 heavy (non-hydrogen) atoms. The highest BCUT2D eigenvalue weighted by molar-refractivity contribution is 8.14. The van der Waals surface area contributed by atoms with Crippen LogP contribution in [0.3, 0.4) is 0 Å². The Morgan fingerprint density at radius 2 is 1.95 bits per heavy atom. The Hall–Kier alpha value is -2.27. The third-order valence-corrected chi connectivity index (χ3v) is 3.53. The Balaban J connectivity index is 1.96. The topological polar surface area (TPSA) is 55.7 Å². The van der Waals surface area contributed by atoms with Crippen molar-refractivity contribution in [2.45, 2.75) is 5.03 Å². The van der Waals surface area contributed by atoms with Gasteiger partial charge in [-0.2, -0.15) is 0 Å². The minimum Gasteiger partial charge on any atom is -0.281 e. The van der Waals surface area contributed by atoms with Crippen molar-refractivity contribution in [1.82, 2.24) is 15.0 Å². The maximum Gasteiger partial charge on any atom is 0.227 e. The number of thioether (sulfide) groups is 1. The summed E-state index contributed by atoms with van der Waals surface area (Å²) in [7, 11) is 0. The highest BCUT2D eigenvalue weighted by atomic mass is 32.2. The number of nitrogens with zero attached hydrogens (tertiary/aromatic N) is 3. The van der Waals surface area contributed by atoms with E-state index in [1.54, 1.807) is 24.5 Å². The fourth-order valence-electron chi connectivity index (χ4n) is 1.69. The van der Waals surface area contributed by atoms with Gasteiger partial charge in [0.15, 0.2) is 0 Å². The van der Waals surface area contributed by atoms with Crippen molar-refractivity contribution in [2.24, 2.45) is 0 Å². The number of para-hydroxylation sites is 1. The van der Waals surface area contributed by atoms with Crippen molar-refractivity contribution in [3.05, 3.63) is 60.7 Å². The molecule has 0 aliphatic rings. The molecule has 0 saturated carbocycles.